The van der Waals surface area contributed by atoms with Crippen molar-refractivity contribution in [3.05, 3.63) is 16.1 Å². The summed E-state index contributed by atoms with van der Waals surface area (Å²) in [5.41, 5.74) is 1.06. The molecule has 1 saturated carbocycles. The highest BCUT2D eigenvalue weighted by atomic mass is 32.1. The molecule has 20 heavy (non-hydrogen) atoms. The number of nitrogens with zero attached hydrogens (tertiary/aromatic N) is 1. The third-order valence-corrected chi connectivity index (χ3v) is 4.89. The van der Waals surface area contributed by atoms with Crippen molar-refractivity contribution >= 4 is 11.3 Å². The Balaban J connectivity index is 1.62. The van der Waals surface area contributed by atoms with Gasteiger partial charge in [0, 0.05) is 17.6 Å². The molecule has 2 unspecified atom stereocenters. The molecule has 0 saturated heterocycles. The van der Waals surface area contributed by atoms with Crippen molar-refractivity contribution in [3.8, 4) is 0 Å². The standard InChI is InChI=1S/C15H26N2O2S/c1-11-10-20-15(17-11)12(2)16-8-13(18)9-19-14-6-4-3-5-7-14/h10,12-14,16,18H,3-9H2,1-2H3. The van der Waals surface area contributed by atoms with Gasteiger partial charge >= 0.3 is 0 Å². The lowest BCUT2D eigenvalue weighted by atomic mass is 9.98. The normalized spacial score (nSPS) is 19.9. The average molecular weight is 298 g/mol. The van der Waals surface area contributed by atoms with Crippen molar-refractivity contribution in [2.45, 2.75) is 64.2 Å². The van der Waals surface area contributed by atoms with Crippen LogP contribution < -0.4 is 5.32 Å². The number of ether oxygens (including phenoxy) is 1. The molecule has 0 radical (unpaired) electrons. The first-order chi connectivity index (χ1) is 9.65. The van der Waals surface area contributed by atoms with E-state index >= 15 is 0 Å². The summed E-state index contributed by atoms with van der Waals surface area (Å²) in [5, 5.41) is 16.4. The van der Waals surface area contributed by atoms with Crippen molar-refractivity contribution in [3.63, 3.8) is 0 Å². The molecule has 2 rings (SSSR count). The van der Waals surface area contributed by atoms with Gasteiger partial charge in [-0.3, -0.25) is 0 Å². The lowest BCUT2D eigenvalue weighted by molar-refractivity contribution is -0.0235. The van der Waals surface area contributed by atoms with E-state index in [1.807, 2.05) is 6.92 Å². The maximum absolute atomic E-state index is 9.98. The van der Waals surface area contributed by atoms with E-state index in [1.54, 1.807) is 11.3 Å². The first kappa shape index (κ1) is 15.9. The van der Waals surface area contributed by atoms with Crippen LogP contribution in [0.3, 0.4) is 0 Å². The van der Waals surface area contributed by atoms with Crippen LogP contribution in [0.15, 0.2) is 5.38 Å². The van der Waals surface area contributed by atoms with E-state index in [-0.39, 0.29) is 6.04 Å². The second kappa shape index (κ2) is 8.08. The molecular weight excluding hydrogens is 272 g/mol. The first-order valence-corrected chi connectivity index (χ1v) is 8.48. The number of aliphatic hydroxyl groups excluding tert-OH is 1. The number of hydrogen-bond donors (Lipinski definition) is 2. The summed E-state index contributed by atoms with van der Waals surface area (Å²) in [5.74, 6) is 0. The molecule has 0 aromatic carbocycles. The van der Waals surface area contributed by atoms with Gasteiger partial charge in [-0.15, -0.1) is 11.3 Å². The van der Waals surface area contributed by atoms with E-state index < -0.39 is 6.10 Å². The maximum atomic E-state index is 9.98. The zero-order valence-electron chi connectivity index (χ0n) is 12.5. The minimum absolute atomic E-state index is 0.179. The fourth-order valence-electron chi connectivity index (χ4n) is 2.51. The fourth-order valence-corrected chi connectivity index (χ4v) is 3.34. The molecule has 0 bridgehead atoms. The minimum atomic E-state index is -0.444. The van der Waals surface area contributed by atoms with Crippen molar-refractivity contribution in [1.82, 2.24) is 10.3 Å². The number of rotatable bonds is 7. The summed E-state index contributed by atoms with van der Waals surface area (Å²) in [6.07, 6.45) is 6.06. The summed E-state index contributed by atoms with van der Waals surface area (Å²) < 4.78 is 5.78. The summed E-state index contributed by atoms with van der Waals surface area (Å²) in [4.78, 5) is 4.45. The monoisotopic (exact) mass is 298 g/mol. The third kappa shape index (κ3) is 5.13. The predicted octanol–water partition coefficient (Wildman–Crippen LogP) is 2.81. The van der Waals surface area contributed by atoms with Gasteiger partial charge in [0.05, 0.1) is 24.9 Å². The molecule has 0 spiro atoms. The summed E-state index contributed by atoms with van der Waals surface area (Å²) >= 11 is 1.66. The Hall–Kier alpha value is -0.490. The summed E-state index contributed by atoms with van der Waals surface area (Å²) in [6.45, 7) is 5.06. The topological polar surface area (TPSA) is 54.4 Å². The van der Waals surface area contributed by atoms with Crippen LogP contribution in [0.4, 0.5) is 0 Å². The highest BCUT2D eigenvalue weighted by molar-refractivity contribution is 7.09. The van der Waals surface area contributed by atoms with Crippen molar-refractivity contribution in [1.29, 1.82) is 0 Å². The smallest absolute Gasteiger partial charge is 0.110 e. The molecule has 1 heterocycles. The maximum Gasteiger partial charge on any atom is 0.110 e. The zero-order chi connectivity index (χ0) is 14.4. The van der Waals surface area contributed by atoms with Crippen molar-refractivity contribution in [2.24, 2.45) is 0 Å². The molecule has 2 N–H and O–H groups in total. The number of thiazole rings is 1. The Labute approximate surface area is 125 Å². The van der Waals surface area contributed by atoms with Gasteiger partial charge in [0.2, 0.25) is 0 Å². The van der Waals surface area contributed by atoms with Gasteiger partial charge in [0.15, 0.2) is 0 Å². The molecule has 5 heteroatoms. The SMILES string of the molecule is Cc1csc(C(C)NCC(O)COC2CCCCC2)n1. The van der Waals surface area contributed by atoms with Crippen LogP contribution in [-0.4, -0.2) is 35.5 Å². The van der Waals surface area contributed by atoms with Gasteiger partial charge in [-0.05, 0) is 26.7 Å². The molecule has 1 aliphatic carbocycles. The Morgan fingerprint density at radius 2 is 2.20 bits per heavy atom. The van der Waals surface area contributed by atoms with Crippen LogP contribution >= 0.6 is 11.3 Å². The third-order valence-electron chi connectivity index (χ3n) is 3.74. The van der Waals surface area contributed by atoms with Gasteiger partial charge < -0.3 is 15.2 Å². The largest absolute Gasteiger partial charge is 0.389 e. The average Bonchev–Trinajstić information content (AvgIpc) is 2.90. The molecule has 2 atom stereocenters. The fraction of sp³-hybridized carbons (Fsp3) is 0.800. The molecule has 1 fully saturated rings. The Morgan fingerprint density at radius 1 is 1.45 bits per heavy atom. The van der Waals surface area contributed by atoms with E-state index in [0.29, 0.717) is 19.3 Å². The Morgan fingerprint density at radius 3 is 2.85 bits per heavy atom. The lowest BCUT2D eigenvalue weighted by Gasteiger charge is -2.24. The van der Waals surface area contributed by atoms with Crippen molar-refractivity contribution < 1.29 is 9.84 Å². The van der Waals surface area contributed by atoms with E-state index in [0.717, 1.165) is 23.5 Å². The molecule has 0 aliphatic heterocycles. The number of aryl methyl sites for hydroxylation is 1. The van der Waals surface area contributed by atoms with Gasteiger partial charge in [-0.2, -0.15) is 0 Å². The second-order valence-corrected chi connectivity index (χ2v) is 6.59. The molecular formula is C15H26N2O2S. The molecule has 1 aromatic heterocycles. The number of aromatic nitrogens is 1. The van der Waals surface area contributed by atoms with E-state index in [4.69, 9.17) is 4.74 Å². The van der Waals surface area contributed by atoms with Gasteiger partial charge in [-0.1, -0.05) is 19.3 Å². The van der Waals surface area contributed by atoms with Crippen LogP contribution in [-0.2, 0) is 4.74 Å². The van der Waals surface area contributed by atoms with Crippen molar-refractivity contribution in [2.75, 3.05) is 13.2 Å². The first-order valence-electron chi connectivity index (χ1n) is 7.60. The van der Waals surface area contributed by atoms with Crippen LogP contribution in [0.25, 0.3) is 0 Å². The van der Waals surface area contributed by atoms with Crippen LogP contribution in [0.2, 0.25) is 0 Å². The van der Waals surface area contributed by atoms with E-state index in [9.17, 15) is 5.11 Å². The quantitative estimate of drug-likeness (QED) is 0.813. The van der Waals surface area contributed by atoms with Crippen LogP contribution in [0, 0.1) is 6.92 Å². The molecule has 1 aliphatic rings. The van der Waals surface area contributed by atoms with Gasteiger partial charge in [0.25, 0.3) is 0 Å². The molecule has 4 nitrogen and oxygen atoms in total. The lowest BCUT2D eigenvalue weighted by Crippen LogP contribution is -2.33. The summed E-state index contributed by atoms with van der Waals surface area (Å²) in [6, 6.07) is 0.179. The van der Waals surface area contributed by atoms with E-state index in [2.05, 4.69) is 22.6 Å². The summed E-state index contributed by atoms with van der Waals surface area (Å²) in [7, 11) is 0. The number of nitrogens with one attached hydrogen (secondary N) is 1. The Kier molecular flexibility index (Phi) is 6.42. The molecule has 0 amide bonds. The minimum Gasteiger partial charge on any atom is -0.389 e. The molecule has 114 valence electrons. The van der Waals surface area contributed by atoms with Crippen LogP contribution in [0.1, 0.15) is 55.8 Å². The van der Waals surface area contributed by atoms with Gasteiger partial charge in [0.1, 0.15) is 5.01 Å². The van der Waals surface area contributed by atoms with Gasteiger partial charge in [-0.25, -0.2) is 4.98 Å². The Bertz CT molecular complexity index is 391. The number of hydrogen-bond acceptors (Lipinski definition) is 5. The predicted molar refractivity (Wildman–Crippen MR) is 82.1 cm³/mol. The highest BCUT2D eigenvalue weighted by Gasteiger charge is 2.16. The highest BCUT2D eigenvalue weighted by Crippen LogP contribution is 2.20. The van der Waals surface area contributed by atoms with E-state index in [1.165, 1.54) is 19.3 Å². The molecule has 1 aromatic rings. The zero-order valence-corrected chi connectivity index (χ0v) is 13.3. The second-order valence-electron chi connectivity index (χ2n) is 5.70. The number of aliphatic hydroxyl groups is 1. The van der Waals surface area contributed by atoms with Crippen LogP contribution in [0.5, 0.6) is 0 Å².